The molecular formula is C19H26N2O2S. The van der Waals surface area contributed by atoms with Gasteiger partial charge in [-0.15, -0.1) is 11.3 Å². The van der Waals surface area contributed by atoms with Crippen LogP contribution >= 0.6 is 11.3 Å². The average Bonchev–Trinajstić information content (AvgIpc) is 2.91. The van der Waals surface area contributed by atoms with E-state index in [0.29, 0.717) is 0 Å². The summed E-state index contributed by atoms with van der Waals surface area (Å²) < 4.78 is 5.79. The van der Waals surface area contributed by atoms with Crippen LogP contribution in [0.25, 0.3) is 0 Å². The predicted octanol–water partition coefficient (Wildman–Crippen LogP) is 4.31. The summed E-state index contributed by atoms with van der Waals surface area (Å²) in [5, 5.41) is 5.90. The number of ether oxygens (including phenoxy) is 1. The third kappa shape index (κ3) is 4.81. The van der Waals surface area contributed by atoms with Crippen LogP contribution in [0.15, 0.2) is 23.6 Å². The van der Waals surface area contributed by atoms with Gasteiger partial charge in [-0.1, -0.05) is 38.5 Å². The zero-order chi connectivity index (χ0) is 17.9. The quantitative estimate of drug-likeness (QED) is 0.877. The normalized spacial score (nSPS) is 12.8. The summed E-state index contributed by atoms with van der Waals surface area (Å²) in [5.74, 6) is 0.619. The Hall–Kier alpha value is -1.88. The van der Waals surface area contributed by atoms with Crippen molar-refractivity contribution < 1.29 is 9.53 Å². The summed E-state index contributed by atoms with van der Waals surface area (Å²) in [6.07, 6.45) is 0. The Bertz CT molecular complexity index is 716. The summed E-state index contributed by atoms with van der Waals surface area (Å²) in [4.78, 5) is 16.6. The van der Waals surface area contributed by atoms with Crippen LogP contribution in [0.1, 0.15) is 55.6 Å². The minimum Gasteiger partial charge on any atom is -0.483 e. The molecule has 0 saturated carbocycles. The van der Waals surface area contributed by atoms with Gasteiger partial charge in [-0.05, 0) is 37.8 Å². The average molecular weight is 346 g/mol. The molecule has 1 N–H and O–H groups in total. The lowest BCUT2D eigenvalue weighted by atomic mass is 9.85. The number of hydrogen-bond acceptors (Lipinski definition) is 4. The van der Waals surface area contributed by atoms with Gasteiger partial charge in [-0.2, -0.15) is 0 Å². The molecule has 0 aliphatic heterocycles. The topological polar surface area (TPSA) is 51.2 Å². The molecule has 1 amide bonds. The Balaban J connectivity index is 1.99. The molecule has 4 nitrogen and oxygen atoms in total. The van der Waals surface area contributed by atoms with Crippen LogP contribution in [0.4, 0.5) is 0 Å². The van der Waals surface area contributed by atoms with Gasteiger partial charge in [-0.25, -0.2) is 4.98 Å². The molecule has 0 radical (unpaired) electrons. The second-order valence-electron chi connectivity index (χ2n) is 7.12. The van der Waals surface area contributed by atoms with Crippen molar-refractivity contribution in [1.82, 2.24) is 10.3 Å². The van der Waals surface area contributed by atoms with E-state index in [-0.39, 0.29) is 24.0 Å². The molecule has 0 aliphatic rings. The number of rotatable bonds is 5. The number of aromatic nitrogens is 1. The molecule has 0 fully saturated rings. The standard InChI is InChI=1S/C19H26N2O2S/c1-12-7-8-17(15(9-12)19(4,5)6)23-10-18(22)20-13(2)16-11-24-14(3)21-16/h7-9,11,13H,10H2,1-6H3,(H,20,22). The monoisotopic (exact) mass is 346 g/mol. The van der Waals surface area contributed by atoms with Crippen LogP contribution in [-0.2, 0) is 10.2 Å². The largest absolute Gasteiger partial charge is 0.483 e. The number of amides is 1. The number of benzene rings is 1. The van der Waals surface area contributed by atoms with Gasteiger partial charge in [-0.3, -0.25) is 4.79 Å². The number of thiazole rings is 1. The molecule has 24 heavy (non-hydrogen) atoms. The molecule has 5 heteroatoms. The smallest absolute Gasteiger partial charge is 0.258 e. The van der Waals surface area contributed by atoms with Crippen molar-refractivity contribution in [2.24, 2.45) is 0 Å². The molecule has 0 spiro atoms. The second kappa shape index (κ2) is 7.34. The number of hydrogen-bond donors (Lipinski definition) is 1. The van der Waals surface area contributed by atoms with Crippen LogP contribution in [0, 0.1) is 13.8 Å². The predicted molar refractivity (Wildman–Crippen MR) is 98.8 cm³/mol. The van der Waals surface area contributed by atoms with Crippen molar-refractivity contribution in [3.05, 3.63) is 45.4 Å². The molecule has 0 bridgehead atoms. The Morgan fingerprint density at radius 2 is 2.04 bits per heavy atom. The summed E-state index contributed by atoms with van der Waals surface area (Å²) in [7, 11) is 0. The van der Waals surface area contributed by atoms with Gasteiger partial charge in [0.2, 0.25) is 0 Å². The van der Waals surface area contributed by atoms with E-state index in [4.69, 9.17) is 4.74 Å². The fourth-order valence-corrected chi connectivity index (χ4v) is 3.14. The highest BCUT2D eigenvalue weighted by Crippen LogP contribution is 2.32. The van der Waals surface area contributed by atoms with Crippen molar-refractivity contribution in [3.63, 3.8) is 0 Å². The molecule has 0 aliphatic carbocycles. The van der Waals surface area contributed by atoms with Crippen LogP contribution in [-0.4, -0.2) is 17.5 Å². The van der Waals surface area contributed by atoms with Gasteiger partial charge >= 0.3 is 0 Å². The molecular weight excluding hydrogens is 320 g/mol. The van der Waals surface area contributed by atoms with E-state index >= 15 is 0 Å². The first-order chi connectivity index (χ1) is 11.2. The molecule has 0 saturated heterocycles. The molecule has 130 valence electrons. The van der Waals surface area contributed by atoms with Crippen LogP contribution in [0.2, 0.25) is 0 Å². The minimum absolute atomic E-state index is 0.000397. The number of nitrogens with zero attached hydrogens (tertiary/aromatic N) is 1. The zero-order valence-electron chi connectivity index (χ0n) is 15.3. The summed E-state index contributed by atoms with van der Waals surface area (Å²) in [6, 6.07) is 5.94. The first-order valence-electron chi connectivity index (χ1n) is 8.12. The maximum absolute atomic E-state index is 12.2. The van der Waals surface area contributed by atoms with Gasteiger partial charge in [0.05, 0.1) is 16.7 Å². The first-order valence-corrected chi connectivity index (χ1v) is 9.00. The Morgan fingerprint density at radius 3 is 2.62 bits per heavy atom. The number of carbonyl (C=O) groups is 1. The van der Waals surface area contributed by atoms with Crippen molar-refractivity contribution in [3.8, 4) is 5.75 Å². The fraction of sp³-hybridized carbons (Fsp3) is 0.474. The SMILES string of the molecule is Cc1ccc(OCC(=O)NC(C)c2csc(C)n2)c(C(C)(C)C)c1. The summed E-state index contributed by atoms with van der Waals surface area (Å²) in [5.41, 5.74) is 3.14. The third-order valence-corrected chi connectivity index (χ3v) is 4.55. The van der Waals surface area contributed by atoms with Crippen molar-refractivity contribution in [2.45, 2.75) is 53.0 Å². The van der Waals surface area contributed by atoms with E-state index in [1.807, 2.05) is 31.4 Å². The lowest BCUT2D eigenvalue weighted by Gasteiger charge is -2.23. The molecule has 2 aromatic rings. The van der Waals surface area contributed by atoms with E-state index < -0.39 is 0 Å². The zero-order valence-corrected chi connectivity index (χ0v) is 16.1. The molecule has 1 aromatic heterocycles. The van der Waals surface area contributed by atoms with E-state index in [0.717, 1.165) is 22.0 Å². The van der Waals surface area contributed by atoms with Gasteiger partial charge in [0.1, 0.15) is 5.75 Å². The number of nitrogens with one attached hydrogen (secondary N) is 1. The molecule has 2 rings (SSSR count). The Morgan fingerprint density at radius 1 is 1.33 bits per heavy atom. The van der Waals surface area contributed by atoms with Gasteiger partial charge in [0.25, 0.3) is 5.91 Å². The highest BCUT2D eigenvalue weighted by atomic mass is 32.1. The molecule has 1 unspecified atom stereocenters. The Labute approximate surface area is 148 Å². The second-order valence-corrected chi connectivity index (χ2v) is 8.18. The lowest BCUT2D eigenvalue weighted by Crippen LogP contribution is -2.31. The number of aryl methyl sites for hydroxylation is 2. The minimum atomic E-state index is -0.145. The maximum Gasteiger partial charge on any atom is 0.258 e. The fourth-order valence-electron chi connectivity index (χ4n) is 2.44. The van der Waals surface area contributed by atoms with E-state index in [1.54, 1.807) is 11.3 Å². The van der Waals surface area contributed by atoms with Crippen LogP contribution in [0.5, 0.6) is 5.75 Å². The van der Waals surface area contributed by atoms with Crippen molar-refractivity contribution in [1.29, 1.82) is 0 Å². The molecule has 1 atom stereocenters. The number of carbonyl (C=O) groups excluding carboxylic acids is 1. The van der Waals surface area contributed by atoms with Gasteiger partial charge < -0.3 is 10.1 Å². The molecule has 1 aromatic carbocycles. The first kappa shape index (κ1) is 18.5. The molecule has 1 heterocycles. The van der Waals surface area contributed by atoms with Gasteiger partial charge in [0, 0.05) is 5.38 Å². The van der Waals surface area contributed by atoms with Crippen LogP contribution < -0.4 is 10.1 Å². The lowest BCUT2D eigenvalue weighted by molar-refractivity contribution is -0.123. The van der Waals surface area contributed by atoms with E-state index in [9.17, 15) is 4.79 Å². The van der Waals surface area contributed by atoms with E-state index in [1.165, 1.54) is 5.56 Å². The summed E-state index contributed by atoms with van der Waals surface area (Å²) in [6.45, 7) is 12.4. The highest BCUT2D eigenvalue weighted by Gasteiger charge is 2.20. The van der Waals surface area contributed by atoms with Crippen LogP contribution in [0.3, 0.4) is 0 Å². The maximum atomic E-state index is 12.2. The van der Waals surface area contributed by atoms with Crippen molar-refractivity contribution >= 4 is 17.2 Å². The van der Waals surface area contributed by atoms with E-state index in [2.05, 4.69) is 44.1 Å². The van der Waals surface area contributed by atoms with Gasteiger partial charge in [0.15, 0.2) is 6.61 Å². The third-order valence-electron chi connectivity index (χ3n) is 3.76. The van der Waals surface area contributed by atoms with Crippen molar-refractivity contribution in [2.75, 3.05) is 6.61 Å². The highest BCUT2D eigenvalue weighted by molar-refractivity contribution is 7.09. The summed E-state index contributed by atoms with van der Waals surface area (Å²) >= 11 is 1.58. The Kier molecular flexibility index (Phi) is 5.65.